The first-order chi connectivity index (χ1) is 24.9. The Balaban J connectivity index is 1.07. The van der Waals surface area contributed by atoms with Crippen LogP contribution in [0.1, 0.15) is 58.2 Å². The number of pyridine rings is 1. The van der Waals surface area contributed by atoms with Gasteiger partial charge in [0.15, 0.2) is 0 Å². The number of methoxy groups -OCH3 is 1. The average molecular weight is 694 g/mol. The van der Waals surface area contributed by atoms with Gasteiger partial charge in [-0.25, -0.2) is 19.2 Å². The lowest BCUT2D eigenvalue weighted by Gasteiger charge is -2.32. The summed E-state index contributed by atoms with van der Waals surface area (Å²) >= 11 is 0. The standard InChI is InChI=1S/C38H40FN7O5/c1-44-12-10-33(43-44)29-19-34-35(20-30(29)38(47)50-17-16-48-2)46(22-28-11-15-49-28)36(41-34)23-45-13-8-26(9-14-45)32-4-3-5-37(42-32)51-24-27-7-6-25(21-40)18-31(27)39/h3-7,10,12,18-20,26,28H,8-9,11,13-17,22-24H2,1-2H3/t28-/m0/s1. The largest absolute Gasteiger partial charge is 0.473 e. The van der Waals surface area contributed by atoms with Gasteiger partial charge in [0.2, 0.25) is 5.88 Å². The molecule has 1 atom stereocenters. The second-order valence-corrected chi connectivity index (χ2v) is 13.0. The maximum Gasteiger partial charge on any atom is 0.338 e. The van der Waals surface area contributed by atoms with Crippen molar-refractivity contribution in [3.05, 3.63) is 94.8 Å². The first-order valence-corrected chi connectivity index (χ1v) is 17.2. The molecule has 2 saturated heterocycles. The number of nitriles is 1. The average Bonchev–Trinajstić information content (AvgIpc) is 3.71. The van der Waals surface area contributed by atoms with Crippen molar-refractivity contribution in [1.82, 2.24) is 29.2 Å². The summed E-state index contributed by atoms with van der Waals surface area (Å²) < 4.78 is 40.6. The van der Waals surface area contributed by atoms with Crippen molar-refractivity contribution in [2.24, 2.45) is 7.05 Å². The molecule has 264 valence electrons. The number of fused-ring (bicyclic) bond motifs is 1. The summed E-state index contributed by atoms with van der Waals surface area (Å²) in [6.07, 6.45) is 4.73. The van der Waals surface area contributed by atoms with E-state index in [2.05, 4.69) is 14.6 Å². The minimum atomic E-state index is -0.471. The number of ether oxygens (including phenoxy) is 4. The van der Waals surface area contributed by atoms with Crippen molar-refractivity contribution >= 4 is 17.0 Å². The SMILES string of the molecule is COCCOC(=O)c1cc2c(cc1-c1ccn(C)n1)nc(CN1CCC(c3cccc(OCc4ccc(C#N)cc4F)n3)CC1)n2C[C@@H]1CCO1. The van der Waals surface area contributed by atoms with Gasteiger partial charge in [0.05, 0.1) is 59.7 Å². The molecule has 0 bridgehead atoms. The third kappa shape index (κ3) is 7.78. The summed E-state index contributed by atoms with van der Waals surface area (Å²) in [7, 11) is 3.41. The van der Waals surface area contributed by atoms with Gasteiger partial charge < -0.3 is 23.5 Å². The zero-order valence-corrected chi connectivity index (χ0v) is 28.8. The number of esters is 1. The molecule has 13 heteroatoms. The van der Waals surface area contributed by atoms with E-state index in [4.69, 9.17) is 34.2 Å². The molecule has 2 aromatic carbocycles. The van der Waals surface area contributed by atoms with Crippen LogP contribution in [-0.4, -0.2) is 81.3 Å². The van der Waals surface area contributed by atoms with Crippen molar-refractivity contribution in [3.63, 3.8) is 0 Å². The fourth-order valence-corrected chi connectivity index (χ4v) is 6.62. The number of imidazole rings is 1. The number of benzene rings is 2. The van der Waals surface area contributed by atoms with E-state index in [9.17, 15) is 9.18 Å². The highest BCUT2D eigenvalue weighted by Gasteiger charge is 2.28. The van der Waals surface area contributed by atoms with Gasteiger partial charge in [0.25, 0.3) is 0 Å². The highest BCUT2D eigenvalue weighted by atomic mass is 19.1. The van der Waals surface area contributed by atoms with Gasteiger partial charge in [-0.05, 0) is 68.8 Å². The van der Waals surface area contributed by atoms with Gasteiger partial charge >= 0.3 is 5.97 Å². The molecule has 0 N–H and O–H groups in total. The van der Waals surface area contributed by atoms with E-state index in [0.717, 1.165) is 61.5 Å². The molecule has 2 aliphatic rings. The zero-order valence-electron chi connectivity index (χ0n) is 28.8. The monoisotopic (exact) mass is 693 g/mol. The number of aryl methyl sites for hydroxylation is 1. The van der Waals surface area contributed by atoms with Crippen molar-refractivity contribution in [2.45, 2.75) is 51.0 Å². The molecule has 5 aromatic rings. The number of halogens is 1. The lowest BCUT2D eigenvalue weighted by atomic mass is 9.93. The molecule has 2 aliphatic heterocycles. The van der Waals surface area contributed by atoms with Gasteiger partial charge in [-0.15, -0.1) is 0 Å². The topological polar surface area (TPSA) is 130 Å². The van der Waals surface area contributed by atoms with E-state index in [1.54, 1.807) is 30.0 Å². The second kappa shape index (κ2) is 15.4. The molecule has 0 aliphatic carbocycles. The molecular formula is C38H40FN7O5. The number of hydrogen-bond donors (Lipinski definition) is 0. The highest BCUT2D eigenvalue weighted by molar-refractivity contribution is 6.01. The molecule has 7 rings (SSSR count). The molecule has 0 unspecified atom stereocenters. The third-order valence-corrected chi connectivity index (χ3v) is 9.55. The lowest BCUT2D eigenvalue weighted by molar-refractivity contribution is -0.0592. The minimum Gasteiger partial charge on any atom is -0.473 e. The predicted octanol–water partition coefficient (Wildman–Crippen LogP) is 5.39. The van der Waals surface area contributed by atoms with Gasteiger partial charge in [-0.1, -0.05) is 12.1 Å². The Labute approximate surface area is 295 Å². The number of aromatic nitrogens is 5. The second-order valence-electron chi connectivity index (χ2n) is 13.0. The van der Waals surface area contributed by atoms with Crippen LogP contribution in [0.2, 0.25) is 0 Å². The Morgan fingerprint density at radius 1 is 1.08 bits per heavy atom. The van der Waals surface area contributed by atoms with E-state index < -0.39 is 11.8 Å². The fraction of sp³-hybridized carbons (Fsp3) is 0.395. The smallest absolute Gasteiger partial charge is 0.338 e. The molecule has 0 amide bonds. The third-order valence-electron chi connectivity index (χ3n) is 9.55. The van der Waals surface area contributed by atoms with E-state index in [0.29, 0.717) is 48.0 Å². The number of nitrogens with zero attached hydrogens (tertiary/aromatic N) is 7. The van der Waals surface area contributed by atoms with Crippen LogP contribution < -0.4 is 4.74 Å². The van der Waals surface area contributed by atoms with Crippen molar-refractivity contribution in [1.29, 1.82) is 5.26 Å². The first kappa shape index (κ1) is 34.3. The quantitative estimate of drug-likeness (QED) is 0.117. The Morgan fingerprint density at radius 2 is 1.92 bits per heavy atom. The summed E-state index contributed by atoms with van der Waals surface area (Å²) in [6.45, 7) is 4.23. The summed E-state index contributed by atoms with van der Waals surface area (Å²) in [5.41, 5.74) is 5.01. The number of carbonyl (C=O) groups excluding carboxylic acids is 1. The van der Waals surface area contributed by atoms with Crippen LogP contribution in [0.15, 0.2) is 60.8 Å². The van der Waals surface area contributed by atoms with Crippen molar-refractivity contribution in [3.8, 4) is 23.2 Å². The number of rotatable bonds is 13. The zero-order chi connectivity index (χ0) is 35.3. The summed E-state index contributed by atoms with van der Waals surface area (Å²) in [4.78, 5) is 25.7. The van der Waals surface area contributed by atoms with E-state index in [1.165, 1.54) is 6.07 Å². The lowest BCUT2D eigenvalue weighted by Crippen LogP contribution is -2.35. The number of piperidine rings is 1. The van der Waals surface area contributed by atoms with Crippen LogP contribution in [0.5, 0.6) is 5.88 Å². The van der Waals surface area contributed by atoms with Crippen LogP contribution in [0.4, 0.5) is 4.39 Å². The molecular weight excluding hydrogens is 653 g/mol. The maximum absolute atomic E-state index is 14.4. The van der Waals surface area contributed by atoms with Crippen LogP contribution in [0.3, 0.4) is 0 Å². The number of likely N-dealkylation sites (tertiary alicyclic amines) is 1. The highest BCUT2D eigenvalue weighted by Crippen LogP contribution is 2.32. The molecule has 12 nitrogen and oxygen atoms in total. The van der Waals surface area contributed by atoms with Crippen LogP contribution in [-0.2, 0) is 41.0 Å². The number of hydrogen-bond acceptors (Lipinski definition) is 10. The van der Waals surface area contributed by atoms with E-state index in [-0.39, 0.29) is 30.8 Å². The van der Waals surface area contributed by atoms with Crippen LogP contribution in [0, 0.1) is 17.1 Å². The molecule has 0 spiro atoms. The molecule has 3 aromatic heterocycles. The van der Waals surface area contributed by atoms with Crippen molar-refractivity contribution in [2.75, 3.05) is 40.0 Å². The summed E-state index contributed by atoms with van der Waals surface area (Å²) in [6, 6.07) is 17.7. The first-order valence-electron chi connectivity index (χ1n) is 17.2. The van der Waals surface area contributed by atoms with Crippen molar-refractivity contribution < 1.29 is 28.1 Å². The number of carbonyl (C=O) groups is 1. The maximum atomic E-state index is 14.4. The molecule has 0 radical (unpaired) electrons. The van der Waals surface area contributed by atoms with Crippen LogP contribution in [0.25, 0.3) is 22.3 Å². The van der Waals surface area contributed by atoms with Gasteiger partial charge in [-0.3, -0.25) is 9.58 Å². The Bertz CT molecular complexity index is 2060. The van der Waals surface area contributed by atoms with Crippen LogP contribution >= 0.6 is 0 Å². The van der Waals surface area contributed by atoms with E-state index in [1.807, 2.05) is 49.6 Å². The Kier molecular flexibility index (Phi) is 10.3. The Morgan fingerprint density at radius 3 is 2.63 bits per heavy atom. The van der Waals surface area contributed by atoms with Gasteiger partial charge in [0, 0.05) is 55.8 Å². The summed E-state index contributed by atoms with van der Waals surface area (Å²) in [5, 5.41) is 13.6. The molecule has 2 fully saturated rings. The normalized spacial score (nSPS) is 16.5. The van der Waals surface area contributed by atoms with Gasteiger partial charge in [0.1, 0.15) is 24.9 Å². The molecule has 51 heavy (non-hydrogen) atoms. The molecule has 0 saturated carbocycles. The summed E-state index contributed by atoms with van der Waals surface area (Å²) in [5.74, 6) is 0.708. The fourth-order valence-electron chi connectivity index (χ4n) is 6.62. The molecule has 5 heterocycles. The Hall–Kier alpha value is -5.16. The minimum absolute atomic E-state index is 0.0270. The van der Waals surface area contributed by atoms with E-state index >= 15 is 0 Å². The van der Waals surface area contributed by atoms with Gasteiger partial charge in [-0.2, -0.15) is 10.4 Å². The predicted molar refractivity (Wildman–Crippen MR) is 185 cm³/mol.